The molecule has 4 rings (SSSR count). The second-order valence-corrected chi connectivity index (χ2v) is 8.66. The van der Waals surface area contributed by atoms with Crippen LogP contribution in [0.1, 0.15) is 50.2 Å². The van der Waals surface area contributed by atoms with E-state index in [4.69, 9.17) is 4.74 Å². The zero-order valence-corrected chi connectivity index (χ0v) is 17.6. The van der Waals surface area contributed by atoms with E-state index in [9.17, 15) is 14.3 Å². The number of benzene rings is 2. The molecule has 1 fully saturated rings. The number of piperidine rings is 1. The molecule has 0 saturated carbocycles. The Bertz CT molecular complexity index is 936. The summed E-state index contributed by atoms with van der Waals surface area (Å²) in [6.45, 7) is 6.04. The summed E-state index contributed by atoms with van der Waals surface area (Å²) < 4.78 is 20.0. The normalized spacial score (nSPS) is 18.2. The van der Waals surface area contributed by atoms with Crippen LogP contribution in [0.5, 0.6) is 5.75 Å². The zero-order valence-electron chi connectivity index (χ0n) is 17.6. The number of carbonyl (C=O) groups excluding carboxylic acids is 1. The van der Waals surface area contributed by atoms with Gasteiger partial charge in [-0.05, 0) is 48.9 Å². The lowest BCUT2D eigenvalue weighted by molar-refractivity contribution is -0.116. The van der Waals surface area contributed by atoms with Crippen molar-refractivity contribution in [3.05, 3.63) is 53.3 Å². The molecule has 0 aromatic heterocycles. The fraction of sp³-hybridized carbons (Fsp3) is 0.458. The van der Waals surface area contributed by atoms with Gasteiger partial charge in [-0.1, -0.05) is 32.0 Å². The number of amides is 1. The van der Waals surface area contributed by atoms with Crippen LogP contribution in [0.4, 0.5) is 15.8 Å². The van der Waals surface area contributed by atoms with E-state index in [1.54, 1.807) is 6.07 Å². The maximum Gasteiger partial charge on any atom is 0.224 e. The summed E-state index contributed by atoms with van der Waals surface area (Å²) in [5.74, 6) is 0.329. The van der Waals surface area contributed by atoms with Crippen molar-refractivity contribution in [2.75, 3.05) is 29.9 Å². The highest BCUT2D eigenvalue weighted by Crippen LogP contribution is 2.36. The lowest BCUT2D eigenvalue weighted by atomic mass is 9.90. The van der Waals surface area contributed by atoms with Crippen LogP contribution in [0.15, 0.2) is 36.4 Å². The molecular weight excluding hydrogens is 383 g/mol. The van der Waals surface area contributed by atoms with E-state index in [2.05, 4.69) is 48.3 Å². The Balaban J connectivity index is 1.42. The zero-order chi connectivity index (χ0) is 21.3. The number of anilines is 2. The van der Waals surface area contributed by atoms with Gasteiger partial charge in [0.1, 0.15) is 23.8 Å². The van der Waals surface area contributed by atoms with Crippen molar-refractivity contribution in [3.8, 4) is 5.75 Å². The summed E-state index contributed by atoms with van der Waals surface area (Å²) in [5.41, 5.74) is 2.50. The molecule has 0 aliphatic carbocycles. The summed E-state index contributed by atoms with van der Waals surface area (Å²) in [4.78, 5) is 13.9. The molecule has 2 aliphatic heterocycles. The Morgan fingerprint density at radius 2 is 1.90 bits per heavy atom. The second kappa shape index (κ2) is 8.26. The Hall–Kier alpha value is -2.60. The van der Waals surface area contributed by atoms with E-state index in [0.29, 0.717) is 42.9 Å². The molecule has 2 aliphatic rings. The molecule has 2 heterocycles. The molecule has 5 nitrogen and oxygen atoms in total. The average Bonchev–Trinajstić information content (AvgIpc) is 2.74. The molecule has 1 amide bonds. The predicted molar refractivity (Wildman–Crippen MR) is 116 cm³/mol. The van der Waals surface area contributed by atoms with Crippen molar-refractivity contribution in [2.45, 2.75) is 51.0 Å². The lowest BCUT2D eigenvalue weighted by Gasteiger charge is -2.40. The highest BCUT2D eigenvalue weighted by atomic mass is 19.1. The number of nitrogens with one attached hydrogen (secondary N) is 1. The second-order valence-electron chi connectivity index (χ2n) is 8.66. The van der Waals surface area contributed by atoms with E-state index in [1.165, 1.54) is 17.3 Å². The Morgan fingerprint density at radius 1 is 1.17 bits per heavy atom. The number of hydrogen-bond acceptors (Lipinski definition) is 4. The summed E-state index contributed by atoms with van der Waals surface area (Å²) >= 11 is 0. The van der Waals surface area contributed by atoms with Crippen LogP contribution in [-0.2, 0) is 11.2 Å². The molecule has 0 spiro atoms. The van der Waals surface area contributed by atoms with Gasteiger partial charge < -0.3 is 20.1 Å². The third kappa shape index (κ3) is 4.15. The Morgan fingerprint density at radius 3 is 2.63 bits per heavy atom. The summed E-state index contributed by atoms with van der Waals surface area (Å²) in [6, 6.07) is 11.3. The SMILES string of the molecule is CC(C)c1ccccc1N1CCC(O)(COc2ccc(F)c3c2CCC(=O)N3)CC1. The van der Waals surface area contributed by atoms with Crippen LogP contribution < -0.4 is 15.0 Å². The minimum atomic E-state index is -0.928. The molecule has 0 bridgehead atoms. The maximum absolute atomic E-state index is 14.1. The van der Waals surface area contributed by atoms with Gasteiger partial charge in [0.25, 0.3) is 0 Å². The van der Waals surface area contributed by atoms with Crippen molar-refractivity contribution in [1.82, 2.24) is 0 Å². The van der Waals surface area contributed by atoms with Gasteiger partial charge in [0, 0.05) is 30.8 Å². The standard InChI is InChI=1S/C24H29FN2O3/c1-16(2)17-5-3-4-6-20(17)27-13-11-24(29,12-14-27)15-30-21-9-8-19(25)23-18(21)7-10-22(28)26-23/h3-6,8-9,16,29H,7,10-15H2,1-2H3,(H,26,28). The Labute approximate surface area is 176 Å². The number of rotatable bonds is 5. The molecule has 30 heavy (non-hydrogen) atoms. The number of aliphatic hydroxyl groups is 1. The summed E-state index contributed by atoms with van der Waals surface area (Å²) in [7, 11) is 0. The van der Waals surface area contributed by atoms with Crippen LogP contribution in [0.25, 0.3) is 0 Å². The third-order valence-electron chi connectivity index (χ3n) is 6.18. The van der Waals surface area contributed by atoms with Crippen molar-refractivity contribution < 1.29 is 19.0 Å². The summed E-state index contributed by atoms with van der Waals surface area (Å²) in [5, 5.41) is 13.7. The van der Waals surface area contributed by atoms with Crippen LogP contribution in [0.2, 0.25) is 0 Å². The van der Waals surface area contributed by atoms with Crippen LogP contribution in [0, 0.1) is 5.82 Å². The molecule has 2 aromatic carbocycles. The highest BCUT2D eigenvalue weighted by molar-refractivity contribution is 5.94. The fourth-order valence-electron chi connectivity index (χ4n) is 4.34. The molecule has 2 aromatic rings. The smallest absolute Gasteiger partial charge is 0.224 e. The van der Waals surface area contributed by atoms with Crippen LogP contribution in [0.3, 0.4) is 0 Å². The molecular formula is C24H29FN2O3. The number of fused-ring (bicyclic) bond motifs is 1. The van der Waals surface area contributed by atoms with Gasteiger partial charge in [-0.2, -0.15) is 0 Å². The molecule has 160 valence electrons. The van der Waals surface area contributed by atoms with Gasteiger partial charge in [-0.15, -0.1) is 0 Å². The van der Waals surface area contributed by atoms with Crippen molar-refractivity contribution in [1.29, 1.82) is 0 Å². The monoisotopic (exact) mass is 412 g/mol. The number of halogens is 1. The predicted octanol–water partition coefficient (Wildman–Crippen LogP) is 4.24. The van der Waals surface area contributed by atoms with Crippen molar-refractivity contribution in [2.24, 2.45) is 0 Å². The number of nitrogens with zero attached hydrogens (tertiary/aromatic N) is 1. The van der Waals surface area contributed by atoms with E-state index < -0.39 is 11.4 Å². The average molecular weight is 413 g/mol. The third-order valence-corrected chi connectivity index (χ3v) is 6.18. The molecule has 1 saturated heterocycles. The quantitative estimate of drug-likeness (QED) is 0.771. The van der Waals surface area contributed by atoms with Crippen LogP contribution in [-0.4, -0.2) is 36.3 Å². The van der Waals surface area contributed by atoms with Crippen molar-refractivity contribution in [3.63, 3.8) is 0 Å². The number of carbonyl (C=O) groups is 1. The van der Waals surface area contributed by atoms with Gasteiger partial charge in [-0.3, -0.25) is 4.79 Å². The van der Waals surface area contributed by atoms with Gasteiger partial charge >= 0.3 is 0 Å². The van der Waals surface area contributed by atoms with E-state index in [0.717, 1.165) is 13.1 Å². The van der Waals surface area contributed by atoms with E-state index in [1.807, 2.05) is 0 Å². The first-order chi connectivity index (χ1) is 14.4. The first-order valence-electron chi connectivity index (χ1n) is 10.7. The largest absolute Gasteiger partial charge is 0.490 e. The summed E-state index contributed by atoms with van der Waals surface area (Å²) in [6.07, 6.45) is 1.94. The topological polar surface area (TPSA) is 61.8 Å². The van der Waals surface area contributed by atoms with Gasteiger partial charge in [0.2, 0.25) is 5.91 Å². The van der Waals surface area contributed by atoms with E-state index in [-0.39, 0.29) is 18.2 Å². The number of para-hydroxylation sites is 1. The maximum atomic E-state index is 14.1. The molecule has 6 heteroatoms. The minimum absolute atomic E-state index is 0.151. The van der Waals surface area contributed by atoms with Gasteiger partial charge in [-0.25, -0.2) is 4.39 Å². The highest BCUT2D eigenvalue weighted by Gasteiger charge is 2.34. The lowest BCUT2D eigenvalue weighted by Crippen LogP contribution is -2.48. The van der Waals surface area contributed by atoms with Crippen molar-refractivity contribution >= 4 is 17.3 Å². The van der Waals surface area contributed by atoms with E-state index >= 15 is 0 Å². The number of ether oxygens (including phenoxy) is 1. The van der Waals surface area contributed by atoms with Gasteiger partial charge in [0.15, 0.2) is 0 Å². The molecule has 2 N–H and O–H groups in total. The minimum Gasteiger partial charge on any atom is -0.490 e. The molecule has 0 unspecified atom stereocenters. The fourth-order valence-corrected chi connectivity index (χ4v) is 4.34. The molecule has 0 atom stereocenters. The molecule has 0 radical (unpaired) electrons. The number of hydrogen-bond donors (Lipinski definition) is 2. The van der Waals surface area contributed by atoms with Crippen LogP contribution >= 0.6 is 0 Å². The van der Waals surface area contributed by atoms with Gasteiger partial charge in [0.05, 0.1) is 5.69 Å². The first kappa shape index (κ1) is 20.7. The Kier molecular flexibility index (Phi) is 5.69. The first-order valence-corrected chi connectivity index (χ1v) is 10.7.